The molecular weight excluding hydrogens is 532 g/mol. The summed E-state index contributed by atoms with van der Waals surface area (Å²) in [7, 11) is 0. The third-order valence-corrected chi connectivity index (χ3v) is 7.22. The molecule has 0 spiro atoms. The number of carbonyl (C=O) groups excluding carboxylic acids is 2. The second-order valence-corrected chi connectivity index (χ2v) is 9.90. The molecular formula is C33H34N4O5. The fraction of sp³-hybridized carbons (Fsp3) is 0.242. The largest absolute Gasteiger partial charge is 0.482 e. The Labute approximate surface area is 244 Å². The molecule has 0 saturated carbocycles. The molecule has 1 atom stereocenters. The molecule has 3 aromatic carbocycles. The predicted molar refractivity (Wildman–Crippen MR) is 159 cm³/mol. The number of aromatic nitrogens is 1. The minimum Gasteiger partial charge on any atom is -0.482 e. The van der Waals surface area contributed by atoms with Crippen molar-refractivity contribution >= 4 is 11.9 Å². The second kappa shape index (κ2) is 13.2. The average molecular weight is 567 g/mol. The van der Waals surface area contributed by atoms with Crippen LogP contribution in [0.3, 0.4) is 0 Å². The van der Waals surface area contributed by atoms with Crippen LogP contribution in [0, 0.1) is 0 Å². The van der Waals surface area contributed by atoms with Crippen LogP contribution >= 0.6 is 0 Å². The minimum atomic E-state index is -0.407. The zero-order valence-corrected chi connectivity index (χ0v) is 23.5. The van der Waals surface area contributed by atoms with E-state index >= 15 is 0 Å². The van der Waals surface area contributed by atoms with E-state index in [4.69, 9.17) is 15.2 Å². The number of pyridine rings is 1. The van der Waals surface area contributed by atoms with E-state index in [0.29, 0.717) is 6.54 Å². The molecule has 5 rings (SSSR count). The van der Waals surface area contributed by atoms with Gasteiger partial charge in [-0.2, -0.15) is 0 Å². The fourth-order valence-corrected chi connectivity index (χ4v) is 5.22. The van der Waals surface area contributed by atoms with Crippen LogP contribution in [0.15, 0.2) is 102 Å². The van der Waals surface area contributed by atoms with Crippen LogP contribution in [0.2, 0.25) is 0 Å². The number of hydrogen-bond acceptors (Lipinski definition) is 7. The van der Waals surface area contributed by atoms with E-state index in [-0.39, 0.29) is 50.3 Å². The summed E-state index contributed by atoms with van der Waals surface area (Å²) in [6, 6.07) is 28.3. The van der Waals surface area contributed by atoms with Gasteiger partial charge in [-0.05, 0) is 29.2 Å². The Kier molecular flexibility index (Phi) is 8.99. The number of carbonyl (C=O) groups is 2. The van der Waals surface area contributed by atoms with Gasteiger partial charge in [-0.3, -0.25) is 24.1 Å². The van der Waals surface area contributed by atoms with Gasteiger partial charge in [0.05, 0.1) is 19.1 Å². The van der Waals surface area contributed by atoms with E-state index in [1.54, 1.807) is 22.7 Å². The number of nitrogens with zero attached hydrogens (tertiary/aromatic N) is 3. The van der Waals surface area contributed by atoms with Gasteiger partial charge >= 0.3 is 5.97 Å². The molecule has 0 saturated heterocycles. The lowest BCUT2D eigenvalue weighted by Crippen LogP contribution is -2.56. The van der Waals surface area contributed by atoms with Crippen LogP contribution in [-0.2, 0) is 22.7 Å². The normalized spacial score (nSPS) is 13.4. The molecule has 216 valence electrons. The number of rotatable bonds is 11. The van der Waals surface area contributed by atoms with Crippen molar-refractivity contribution in [1.29, 1.82) is 0 Å². The lowest BCUT2D eigenvalue weighted by atomic mass is 9.93. The van der Waals surface area contributed by atoms with Crippen LogP contribution in [0.4, 0.5) is 0 Å². The van der Waals surface area contributed by atoms with Crippen molar-refractivity contribution < 1.29 is 19.1 Å². The Morgan fingerprint density at radius 3 is 2.33 bits per heavy atom. The Morgan fingerprint density at radius 2 is 1.62 bits per heavy atom. The summed E-state index contributed by atoms with van der Waals surface area (Å²) in [6.45, 7) is 2.67. The first-order valence-corrected chi connectivity index (χ1v) is 14.0. The molecule has 0 fully saturated rings. The number of esters is 1. The topological polar surface area (TPSA) is 107 Å². The van der Waals surface area contributed by atoms with E-state index in [1.165, 1.54) is 6.07 Å². The smallest absolute Gasteiger partial charge is 0.307 e. The van der Waals surface area contributed by atoms with Crippen LogP contribution < -0.4 is 20.9 Å². The highest BCUT2D eigenvalue weighted by Crippen LogP contribution is 2.34. The highest BCUT2D eigenvalue weighted by Gasteiger charge is 2.37. The monoisotopic (exact) mass is 566 g/mol. The van der Waals surface area contributed by atoms with Crippen molar-refractivity contribution in [1.82, 2.24) is 9.58 Å². The maximum atomic E-state index is 14.0. The van der Waals surface area contributed by atoms with Gasteiger partial charge in [0.15, 0.2) is 11.4 Å². The van der Waals surface area contributed by atoms with Gasteiger partial charge < -0.3 is 20.1 Å². The van der Waals surface area contributed by atoms with Crippen molar-refractivity contribution in [2.75, 3.05) is 24.8 Å². The van der Waals surface area contributed by atoms with Gasteiger partial charge in [0, 0.05) is 25.4 Å². The molecule has 2 N–H and O–H groups in total. The Balaban J connectivity index is 1.65. The van der Waals surface area contributed by atoms with E-state index < -0.39 is 17.3 Å². The summed E-state index contributed by atoms with van der Waals surface area (Å²) in [5, 5.41) is 2.00. The summed E-state index contributed by atoms with van der Waals surface area (Å²) >= 11 is 0. The molecule has 0 radical (unpaired) electrons. The molecule has 1 aliphatic heterocycles. The SMILES string of the molecule is CCOC(=O)CCN1CN(C(c2ccccc2)c2ccccc2CN)n2ccc(=O)c(OCc3ccccc3)c2C1=O. The van der Waals surface area contributed by atoms with Crippen molar-refractivity contribution in [3.8, 4) is 5.75 Å². The summed E-state index contributed by atoms with van der Waals surface area (Å²) in [6.07, 6.45) is 1.62. The molecule has 4 aromatic rings. The van der Waals surface area contributed by atoms with Gasteiger partial charge in [0.1, 0.15) is 13.3 Å². The van der Waals surface area contributed by atoms with Gasteiger partial charge in [-0.25, -0.2) is 0 Å². The fourth-order valence-electron chi connectivity index (χ4n) is 5.22. The van der Waals surface area contributed by atoms with E-state index in [0.717, 1.165) is 22.3 Å². The first-order valence-electron chi connectivity index (χ1n) is 14.0. The second-order valence-electron chi connectivity index (χ2n) is 9.90. The molecule has 0 bridgehead atoms. The summed E-state index contributed by atoms with van der Waals surface area (Å²) in [4.78, 5) is 41.1. The lowest BCUT2D eigenvalue weighted by Gasteiger charge is -2.44. The first-order chi connectivity index (χ1) is 20.5. The molecule has 1 aromatic heterocycles. The quantitative estimate of drug-likeness (QED) is 0.274. The van der Waals surface area contributed by atoms with E-state index in [9.17, 15) is 14.4 Å². The van der Waals surface area contributed by atoms with Crippen molar-refractivity contribution in [3.63, 3.8) is 0 Å². The highest BCUT2D eigenvalue weighted by atomic mass is 16.5. The Hall–Kier alpha value is -4.89. The summed E-state index contributed by atoms with van der Waals surface area (Å²) in [5.74, 6) is -0.854. The van der Waals surface area contributed by atoms with E-state index in [1.807, 2.05) is 89.9 Å². The number of amides is 1. The molecule has 9 nitrogen and oxygen atoms in total. The highest BCUT2D eigenvalue weighted by molar-refractivity contribution is 5.96. The molecule has 0 aliphatic carbocycles. The molecule has 1 amide bonds. The number of hydrogen-bond donors (Lipinski definition) is 1. The third-order valence-electron chi connectivity index (χ3n) is 7.22. The standard InChI is InChI=1S/C33H34N4O5/c1-2-41-29(39)18-19-35-23-37(30(25-13-7-4-8-14-25)27-16-10-9-15-26(27)21-34)36-20-17-28(38)32(31(36)33(35)40)42-22-24-11-5-3-6-12-24/h3-17,20,30H,2,18-19,21-23,34H2,1H3. The number of fused-ring (bicyclic) bond motifs is 1. The van der Waals surface area contributed by atoms with Gasteiger partial charge in [0.2, 0.25) is 5.43 Å². The maximum absolute atomic E-state index is 14.0. The average Bonchev–Trinajstić information content (AvgIpc) is 3.02. The van der Waals surface area contributed by atoms with Gasteiger partial charge in [0.25, 0.3) is 5.91 Å². The molecule has 1 aliphatic rings. The molecule has 1 unspecified atom stereocenters. The zero-order valence-electron chi connectivity index (χ0n) is 23.5. The number of nitrogens with two attached hydrogens (primary N) is 1. The van der Waals surface area contributed by atoms with Crippen LogP contribution in [0.25, 0.3) is 0 Å². The summed E-state index contributed by atoms with van der Waals surface area (Å²) < 4.78 is 12.9. The molecule has 9 heteroatoms. The van der Waals surface area contributed by atoms with Gasteiger partial charge in [-0.1, -0.05) is 84.9 Å². The maximum Gasteiger partial charge on any atom is 0.307 e. The summed E-state index contributed by atoms with van der Waals surface area (Å²) in [5.41, 5.74) is 9.61. The zero-order chi connectivity index (χ0) is 29.5. The molecule has 2 heterocycles. The van der Waals surface area contributed by atoms with Crippen LogP contribution in [0.5, 0.6) is 5.75 Å². The van der Waals surface area contributed by atoms with E-state index in [2.05, 4.69) is 0 Å². The Bertz CT molecular complexity index is 1590. The minimum absolute atomic E-state index is 0.0140. The number of ether oxygens (including phenoxy) is 2. The predicted octanol–water partition coefficient (Wildman–Crippen LogP) is 3.98. The third kappa shape index (κ3) is 6.06. The lowest BCUT2D eigenvalue weighted by molar-refractivity contribution is -0.143. The van der Waals surface area contributed by atoms with Crippen LogP contribution in [0.1, 0.15) is 52.1 Å². The van der Waals surface area contributed by atoms with Crippen LogP contribution in [-0.4, -0.2) is 41.3 Å². The van der Waals surface area contributed by atoms with Crippen molar-refractivity contribution in [2.24, 2.45) is 5.73 Å². The Morgan fingerprint density at radius 1 is 0.929 bits per heavy atom. The number of benzene rings is 3. The van der Waals surface area contributed by atoms with Crippen molar-refractivity contribution in [2.45, 2.75) is 32.5 Å². The molecule has 42 heavy (non-hydrogen) atoms. The first kappa shape index (κ1) is 28.6. The van der Waals surface area contributed by atoms with Crippen molar-refractivity contribution in [3.05, 3.63) is 135 Å². The van der Waals surface area contributed by atoms with Gasteiger partial charge in [-0.15, -0.1) is 0 Å².